The first-order chi connectivity index (χ1) is 13.3. The Morgan fingerprint density at radius 1 is 1.30 bits per heavy atom. The van der Waals surface area contributed by atoms with E-state index in [2.05, 4.69) is 38.2 Å². The minimum atomic E-state index is 0.355. The first-order valence-corrected chi connectivity index (χ1v) is 9.22. The maximum absolute atomic E-state index is 5.87. The van der Waals surface area contributed by atoms with Gasteiger partial charge in [0.1, 0.15) is 6.61 Å². The molecule has 8 heteroatoms. The molecule has 0 saturated carbocycles. The van der Waals surface area contributed by atoms with Gasteiger partial charge >= 0.3 is 6.01 Å². The molecule has 0 aliphatic carbocycles. The van der Waals surface area contributed by atoms with E-state index in [0.717, 1.165) is 56.2 Å². The van der Waals surface area contributed by atoms with E-state index in [4.69, 9.17) is 9.47 Å². The first kappa shape index (κ1) is 17.7. The molecule has 0 spiro atoms. The Labute approximate surface area is 158 Å². The van der Waals surface area contributed by atoms with Crippen LogP contribution < -0.4 is 10.1 Å². The van der Waals surface area contributed by atoms with Gasteiger partial charge in [-0.2, -0.15) is 9.97 Å². The Morgan fingerprint density at radius 2 is 2.19 bits per heavy atom. The van der Waals surface area contributed by atoms with E-state index in [0.29, 0.717) is 18.4 Å². The normalized spacial score (nSPS) is 15.1. The molecule has 1 aliphatic rings. The van der Waals surface area contributed by atoms with Crippen molar-refractivity contribution in [2.24, 2.45) is 0 Å². The van der Waals surface area contributed by atoms with Crippen molar-refractivity contribution in [3.05, 3.63) is 36.7 Å². The van der Waals surface area contributed by atoms with Crippen molar-refractivity contribution in [3.8, 4) is 6.01 Å². The fourth-order valence-electron chi connectivity index (χ4n) is 3.01. The van der Waals surface area contributed by atoms with Gasteiger partial charge in [0.05, 0.1) is 19.5 Å². The smallest absolute Gasteiger partial charge is 0.320 e. The molecule has 1 N–H and O–H groups in total. The van der Waals surface area contributed by atoms with E-state index in [9.17, 15) is 0 Å². The SMILES string of the molecule is CCn1cnc2c(Nc3c[c]ccc3)nc(OCCN3CCOCC3)nc21. The number of imidazole rings is 1. The third-order valence-corrected chi connectivity index (χ3v) is 4.50. The molecule has 8 nitrogen and oxygen atoms in total. The third-order valence-electron chi connectivity index (χ3n) is 4.50. The lowest BCUT2D eigenvalue weighted by Crippen LogP contribution is -2.38. The minimum Gasteiger partial charge on any atom is -0.462 e. The van der Waals surface area contributed by atoms with Crippen LogP contribution in [-0.2, 0) is 11.3 Å². The quantitative estimate of drug-likeness (QED) is 0.685. The van der Waals surface area contributed by atoms with Crippen molar-refractivity contribution in [1.82, 2.24) is 24.4 Å². The van der Waals surface area contributed by atoms with Crippen LogP contribution in [0.2, 0.25) is 0 Å². The fourth-order valence-corrected chi connectivity index (χ4v) is 3.01. The highest BCUT2D eigenvalue weighted by Gasteiger charge is 2.15. The first-order valence-electron chi connectivity index (χ1n) is 9.22. The van der Waals surface area contributed by atoms with Crippen LogP contribution in [0.5, 0.6) is 6.01 Å². The Bertz CT molecular complexity index is 877. The minimum absolute atomic E-state index is 0.355. The van der Waals surface area contributed by atoms with Crippen LogP contribution >= 0.6 is 0 Å². The third kappa shape index (κ3) is 4.17. The Kier molecular flexibility index (Phi) is 5.45. The van der Waals surface area contributed by atoms with E-state index in [-0.39, 0.29) is 0 Å². The zero-order valence-corrected chi connectivity index (χ0v) is 15.4. The van der Waals surface area contributed by atoms with Crippen LogP contribution in [0.1, 0.15) is 6.92 Å². The monoisotopic (exact) mass is 367 g/mol. The summed E-state index contributed by atoms with van der Waals surface area (Å²) in [5.74, 6) is 0.633. The number of aromatic nitrogens is 4. The van der Waals surface area contributed by atoms with Gasteiger partial charge in [-0.3, -0.25) is 4.90 Å². The lowest BCUT2D eigenvalue weighted by atomic mass is 10.3. The summed E-state index contributed by atoms with van der Waals surface area (Å²) in [6.07, 6.45) is 1.78. The topological polar surface area (TPSA) is 77.3 Å². The van der Waals surface area contributed by atoms with Crippen molar-refractivity contribution < 1.29 is 9.47 Å². The number of hydrogen-bond acceptors (Lipinski definition) is 7. The van der Waals surface area contributed by atoms with E-state index < -0.39 is 0 Å². The average Bonchev–Trinajstić information content (AvgIpc) is 3.13. The Hall–Kier alpha value is -2.71. The van der Waals surface area contributed by atoms with Gasteiger partial charge in [0.2, 0.25) is 0 Å². The van der Waals surface area contributed by atoms with Crippen molar-refractivity contribution >= 4 is 22.7 Å². The number of rotatable bonds is 7. The summed E-state index contributed by atoms with van der Waals surface area (Å²) >= 11 is 0. The molecule has 2 aromatic heterocycles. The van der Waals surface area contributed by atoms with Crippen molar-refractivity contribution in [2.75, 3.05) is 44.8 Å². The molecular weight excluding hydrogens is 344 g/mol. The van der Waals surface area contributed by atoms with Gasteiger partial charge in [-0.15, -0.1) is 0 Å². The summed E-state index contributed by atoms with van der Waals surface area (Å²) in [5, 5.41) is 3.30. The number of nitrogens with zero attached hydrogens (tertiary/aromatic N) is 5. The molecule has 3 heterocycles. The zero-order chi connectivity index (χ0) is 18.5. The second-order valence-electron chi connectivity index (χ2n) is 6.28. The van der Waals surface area contributed by atoms with Gasteiger partial charge in [-0.1, -0.05) is 12.1 Å². The molecule has 27 heavy (non-hydrogen) atoms. The van der Waals surface area contributed by atoms with Crippen molar-refractivity contribution in [3.63, 3.8) is 0 Å². The summed E-state index contributed by atoms with van der Waals surface area (Å²) in [4.78, 5) is 15.9. The zero-order valence-electron chi connectivity index (χ0n) is 15.4. The maximum Gasteiger partial charge on any atom is 0.320 e. The Balaban J connectivity index is 1.54. The molecule has 4 rings (SSSR count). The lowest BCUT2D eigenvalue weighted by Gasteiger charge is -2.26. The average molecular weight is 367 g/mol. The van der Waals surface area contributed by atoms with Gasteiger partial charge < -0.3 is 19.4 Å². The van der Waals surface area contributed by atoms with Crippen molar-refractivity contribution in [2.45, 2.75) is 13.5 Å². The lowest BCUT2D eigenvalue weighted by molar-refractivity contribution is 0.0317. The van der Waals surface area contributed by atoms with Crippen molar-refractivity contribution in [1.29, 1.82) is 0 Å². The number of nitrogens with one attached hydrogen (secondary N) is 1. The molecule has 1 radical (unpaired) electrons. The molecule has 0 atom stereocenters. The van der Waals surface area contributed by atoms with Crippen LogP contribution in [-0.4, -0.2) is 63.9 Å². The predicted octanol–water partition coefficient (Wildman–Crippen LogP) is 2.10. The molecule has 3 aromatic rings. The number of benzene rings is 1. The number of morpholine rings is 1. The highest BCUT2D eigenvalue weighted by molar-refractivity contribution is 5.85. The summed E-state index contributed by atoms with van der Waals surface area (Å²) in [5.41, 5.74) is 2.38. The highest BCUT2D eigenvalue weighted by Crippen LogP contribution is 2.24. The standard InChI is InChI=1S/C19H23N6O2/c1-2-25-14-20-16-17(21-15-6-4-3-5-7-15)22-19(23-18(16)25)27-13-10-24-8-11-26-12-9-24/h3-4,6-7,14H,2,8-13H2,1H3,(H,21,22,23). The second-order valence-corrected chi connectivity index (χ2v) is 6.28. The molecule has 1 aromatic carbocycles. The molecule has 1 saturated heterocycles. The molecule has 0 amide bonds. The predicted molar refractivity (Wildman–Crippen MR) is 102 cm³/mol. The summed E-state index contributed by atoms with van der Waals surface area (Å²) in [7, 11) is 0. The molecule has 1 fully saturated rings. The fraction of sp³-hybridized carbons (Fsp3) is 0.421. The largest absolute Gasteiger partial charge is 0.462 e. The van der Waals surface area contributed by atoms with Gasteiger partial charge in [0, 0.05) is 31.9 Å². The van der Waals surface area contributed by atoms with E-state index in [1.165, 1.54) is 0 Å². The molecule has 0 bridgehead atoms. The molecule has 0 unspecified atom stereocenters. The van der Waals surface area contributed by atoms with E-state index in [1.54, 1.807) is 6.33 Å². The van der Waals surface area contributed by atoms with E-state index >= 15 is 0 Å². The van der Waals surface area contributed by atoms with Gasteiger partial charge in [-0.05, 0) is 25.1 Å². The highest BCUT2D eigenvalue weighted by atomic mass is 16.5. The molecule has 1 aliphatic heterocycles. The van der Waals surface area contributed by atoms with E-state index in [1.807, 2.05) is 28.8 Å². The van der Waals surface area contributed by atoms with Gasteiger partial charge in [0.25, 0.3) is 0 Å². The number of fused-ring (bicyclic) bond motifs is 1. The van der Waals surface area contributed by atoms with Crippen LogP contribution in [0, 0.1) is 6.07 Å². The number of hydrogen-bond donors (Lipinski definition) is 1. The summed E-state index contributed by atoms with van der Waals surface area (Å²) < 4.78 is 13.2. The van der Waals surface area contributed by atoms with Crippen LogP contribution in [0.4, 0.5) is 11.5 Å². The number of ether oxygens (including phenoxy) is 2. The van der Waals surface area contributed by atoms with Crippen LogP contribution in [0.25, 0.3) is 11.2 Å². The second kappa shape index (κ2) is 8.32. The summed E-state index contributed by atoms with van der Waals surface area (Å²) in [6, 6.07) is 11.0. The summed E-state index contributed by atoms with van der Waals surface area (Å²) in [6.45, 7) is 7.62. The van der Waals surface area contributed by atoms with Gasteiger partial charge in [0.15, 0.2) is 17.0 Å². The molecular formula is C19H23N6O2. The molecule has 141 valence electrons. The Morgan fingerprint density at radius 3 is 2.96 bits per heavy atom. The maximum atomic E-state index is 5.87. The van der Waals surface area contributed by atoms with Crippen LogP contribution in [0.15, 0.2) is 30.6 Å². The number of anilines is 2. The van der Waals surface area contributed by atoms with Crippen LogP contribution in [0.3, 0.4) is 0 Å². The van der Waals surface area contributed by atoms with Gasteiger partial charge in [-0.25, -0.2) is 4.98 Å². The number of aryl methyl sites for hydroxylation is 1.